The van der Waals surface area contributed by atoms with Gasteiger partial charge < -0.3 is 5.32 Å². The number of fused-ring (bicyclic) bond motifs is 1. The van der Waals surface area contributed by atoms with Gasteiger partial charge in [-0.15, -0.1) is 11.3 Å². The number of anilines is 1. The molecule has 0 saturated carbocycles. The fourth-order valence-corrected chi connectivity index (χ4v) is 4.07. The maximum absolute atomic E-state index is 12.6. The predicted molar refractivity (Wildman–Crippen MR) is 96.7 cm³/mol. The lowest BCUT2D eigenvalue weighted by Gasteiger charge is -2.20. The number of benzene rings is 1. The third-order valence-corrected chi connectivity index (χ3v) is 5.44. The molecule has 0 bridgehead atoms. The van der Waals surface area contributed by atoms with E-state index < -0.39 is 0 Å². The van der Waals surface area contributed by atoms with Gasteiger partial charge in [-0.25, -0.2) is 4.98 Å². The summed E-state index contributed by atoms with van der Waals surface area (Å²) in [7, 11) is 0. The summed E-state index contributed by atoms with van der Waals surface area (Å²) in [5.74, 6) is 0.388. The zero-order valence-electron chi connectivity index (χ0n) is 13.2. The molecule has 24 heavy (non-hydrogen) atoms. The maximum atomic E-state index is 12.6. The molecule has 122 valence electrons. The van der Waals surface area contributed by atoms with Crippen LogP contribution < -0.4 is 10.6 Å². The number of nitrogens with zero attached hydrogens (tertiary/aromatic N) is 2. The van der Waals surface area contributed by atoms with E-state index in [1.807, 2.05) is 30.5 Å². The van der Waals surface area contributed by atoms with Crippen LogP contribution in [-0.2, 0) is 0 Å². The average molecular weight is 338 g/mol. The van der Waals surface area contributed by atoms with E-state index in [4.69, 9.17) is 0 Å². The highest BCUT2D eigenvalue weighted by atomic mass is 32.1. The van der Waals surface area contributed by atoms with Gasteiger partial charge >= 0.3 is 0 Å². The van der Waals surface area contributed by atoms with Crippen molar-refractivity contribution in [3.05, 3.63) is 53.2 Å². The van der Waals surface area contributed by atoms with Crippen molar-refractivity contribution in [1.29, 1.82) is 0 Å². The molecular formula is C18H18N4OS. The lowest BCUT2D eigenvalue weighted by atomic mass is 9.97. The van der Waals surface area contributed by atoms with E-state index in [2.05, 4.69) is 20.6 Å². The summed E-state index contributed by atoms with van der Waals surface area (Å²) in [5, 5.41) is 7.90. The number of carbonyl (C=O) groups excluding carboxylic acids is 1. The molecule has 1 amide bonds. The number of amides is 1. The highest BCUT2D eigenvalue weighted by Gasteiger charge is 2.19. The number of hydrogen-bond donors (Lipinski definition) is 2. The second-order valence-electron chi connectivity index (χ2n) is 5.93. The van der Waals surface area contributed by atoms with Crippen molar-refractivity contribution < 1.29 is 4.79 Å². The summed E-state index contributed by atoms with van der Waals surface area (Å²) in [4.78, 5) is 22.6. The van der Waals surface area contributed by atoms with E-state index in [1.165, 1.54) is 4.88 Å². The fourth-order valence-electron chi connectivity index (χ4n) is 3.09. The first kappa shape index (κ1) is 15.2. The van der Waals surface area contributed by atoms with Crippen molar-refractivity contribution in [2.45, 2.75) is 18.8 Å². The zero-order chi connectivity index (χ0) is 16.4. The van der Waals surface area contributed by atoms with E-state index >= 15 is 0 Å². The third-order valence-electron chi connectivity index (χ3n) is 4.36. The second-order valence-corrected chi connectivity index (χ2v) is 6.99. The van der Waals surface area contributed by atoms with Crippen molar-refractivity contribution >= 4 is 33.3 Å². The summed E-state index contributed by atoms with van der Waals surface area (Å²) in [6, 6.07) is 9.46. The average Bonchev–Trinajstić information content (AvgIpc) is 3.10. The van der Waals surface area contributed by atoms with Crippen molar-refractivity contribution in [2.24, 2.45) is 0 Å². The Morgan fingerprint density at radius 2 is 2.00 bits per heavy atom. The van der Waals surface area contributed by atoms with Gasteiger partial charge in [-0.05, 0) is 44.0 Å². The summed E-state index contributed by atoms with van der Waals surface area (Å²) in [6.45, 7) is 2.10. The minimum absolute atomic E-state index is 0.162. The van der Waals surface area contributed by atoms with Crippen molar-refractivity contribution in [3.8, 4) is 0 Å². The molecule has 1 saturated heterocycles. The van der Waals surface area contributed by atoms with Crippen LogP contribution in [0.2, 0.25) is 0 Å². The third kappa shape index (κ3) is 3.02. The van der Waals surface area contributed by atoms with Crippen LogP contribution in [0.25, 0.3) is 10.9 Å². The number of aromatic nitrogens is 2. The SMILES string of the molecule is O=C(Nc1ncc(C2CCNCC2)s1)c1cccc2cccnc12. The Morgan fingerprint density at radius 3 is 2.88 bits per heavy atom. The van der Waals surface area contributed by atoms with E-state index in [0.717, 1.165) is 31.3 Å². The summed E-state index contributed by atoms with van der Waals surface area (Å²) < 4.78 is 0. The molecule has 3 heterocycles. The molecule has 0 aliphatic carbocycles. The normalized spacial score (nSPS) is 15.5. The van der Waals surface area contributed by atoms with Crippen LogP contribution in [0.3, 0.4) is 0 Å². The number of piperidine rings is 1. The maximum Gasteiger partial charge on any atom is 0.259 e. The minimum Gasteiger partial charge on any atom is -0.317 e. The van der Waals surface area contributed by atoms with E-state index in [1.54, 1.807) is 23.6 Å². The molecule has 1 aromatic carbocycles. The van der Waals surface area contributed by atoms with Gasteiger partial charge in [0.25, 0.3) is 5.91 Å². The Labute approximate surface area is 144 Å². The van der Waals surface area contributed by atoms with Crippen LogP contribution in [0.15, 0.2) is 42.7 Å². The molecule has 0 atom stereocenters. The Hall–Kier alpha value is -2.31. The van der Waals surface area contributed by atoms with Gasteiger partial charge in [0.15, 0.2) is 5.13 Å². The first-order valence-electron chi connectivity index (χ1n) is 8.13. The van der Waals surface area contributed by atoms with Crippen LogP contribution in [0.1, 0.15) is 34.0 Å². The van der Waals surface area contributed by atoms with Gasteiger partial charge in [-0.3, -0.25) is 15.1 Å². The molecule has 4 rings (SSSR count). The van der Waals surface area contributed by atoms with Gasteiger partial charge in [0.05, 0.1) is 11.1 Å². The van der Waals surface area contributed by atoms with Crippen molar-refractivity contribution in [3.63, 3.8) is 0 Å². The quantitative estimate of drug-likeness (QED) is 0.768. The number of thiazole rings is 1. The molecular weight excluding hydrogens is 320 g/mol. The molecule has 1 fully saturated rings. The summed E-state index contributed by atoms with van der Waals surface area (Å²) in [6.07, 6.45) is 5.86. The second kappa shape index (κ2) is 6.67. The van der Waals surface area contributed by atoms with Crippen LogP contribution in [0, 0.1) is 0 Å². The van der Waals surface area contributed by atoms with Crippen LogP contribution in [0.4, 0.5) is 5.13 Å². The van der Waals surface area contributed by atoms with Gasteiger partial charge in [0.1, 0.15) is 0 Å². The molecule has 3 aromatic rings. The van der Waals surface area contributed by atoms with Gasteiger partial charge in [-0.2, -0.15) is 0 Å². The van der Waals surface area contributed by atoms with Gasteiger partial charge in [-0.1, -0.05) is 18.2 Å². The van der Waals surface area contributed by atoms with E-state index in [9.17, 15) is 4.79 Å². The molecule has 0 radical (unpaired) electrons. The first-order valence-corrected chi connectivity index (χ1v) is 8.94. The van der Waals surface area contributed by atoms with Crippen molar-refractivity contribution in [2.75, 3.05) is 18.4 Å². The molecule has 2 N–H and O–H groups in total. The number of pyridine rings is 1. The largest absolute Gasteiger partial charge is 0.317 e. The topological polar surface area (TPSA) is 66.9 Å². The lowest BCUT2D eigenvalue weighted by Crippen LogP contribution is -2.26. The van der Waals surface area contributed by atoms with Crippen LogP contribution in [0.5, 0.6) is 0 Å². The minimum atomic E-state index is -0.162. The number of hydrogen-bond acceptors (Lipinski definition) is 5. The smallest absolute Gasteiger partial charge is 0.259 e. The van der Waals surface area contributed by atoms with E-state index in [0.29, 0.717) is 22.1 Å². The predicted octanol–water partition coefficient (Wildman–Crippen LogP) is 3.41. The molecule has 1 aliphatic rings. The highest BCUT2D eigenvalue weighted by Crippen LogP contribution is 2.32. The molecule has 6 heteroatoms. The molecule has 2 aromatic heterocycles. The number of rotatable bonds is 3. The standard InChI is InChI=1S/C18H18N4OS/c23-17(14-5-1-3-13-4-2-8-20-16(13)14)22-18-21-11-15(24-18)12-6-9-19-10-7-12/h1-5,8,11-12,19H,6-7,9-10H2,(H,21,22,23). The van der Waals surface area contributed by atoms with Crippen LogP contribution >= 0.6 is 11.3 Å². The fraction of sp³-hybridized carbons (Fsp3) is 0.278. The Morgan fingerprint density at radius 1 is 1.17 bits per heavy atom. The number of carbonyl (C=O) groups is 1. The monoisotopic (exact) mass is 338 g/mol. The molecule has 5 nitrogen and oxygen atoms in total. The lowest BCUT2D eigenvalue weighted by molar-refractivity contribution is 0.102. The van der Waals surface area contributed by atoms with E-state index in [-0.39, 0.29) is 5.91 Å². The Balaban J connectivity index is 1.54. The highest BCUT2D eigenvalue weighted by molar-refractivity contribution is 7.15. The van der Waals surface area contributed by atoms with Gasteiger partial charge in [0, 0.05) is 22.7 Å². The Kier molecular flexibility index (Phi) is 4.23. The van der Waals surface area contributed by atoms with Gasteiger partial charge in [0.2, 0.25) is 0 Å². The molecule has 1 aliphatic heterocycles. The summed E-state index contributed by atoms with van der Waals surface area (Å²) in [5.41, 5.74) is 1.29. The summed E-state index contributed by atoms with van der Waals surface area (Å²) >= 11 is 1.58. The number of para-hydroxylation sites is 1. The first-order chi connectivity index (χ1) is 11.8. The van der Waals surface area contributed by atoms with Crippen LogP contribution in [-0.4, -0.2) is 29.0 Å². The number of nitrogens with one attached hydrogen (secondary N) is 2. The Bertz CT molecular complexity index is 865. The molecule has 0 spiro atoms. The zero-order valence-corrected chi connectivity index (χ0v) is 14.0. The molecule has 0 unspecified atom stereocenters. The van der Waals surface area contributed by atoms with Crippen molar-refractivity contribution in [1.82, 2.24) is 15.3 Å².